The number of nitrogens with one attached hydrogen (secondary N) is 2. The Morgan fingerprint density at radius 3 is 1.81 bits per heavy atom. The molecule has 136 valence electrons. The molecule has 4 rings (SSSR count). The molecule has 0 spiro atoms. The van der Waals surface area contributed by atoms with Crippen molar-refractivity contribution in [1.29, 1.82) is 0 Å². The normalized spacial score (nSPS) is 39.2. The second-order valence-corrected chi connectivity index (χ2v) is 7.26. The molecule has 1 heterocycles. The Morgan fingerprint density at radius 1 is 0.731 bits per heavy atom. The van der Waals surface area contributed by atoms with Gasteiger partial charge in [0.1, 0.15) is 5.57 Å². The summed E-state index contributed by atoms with van der Waals surface area (Å²) >= 11 is 0. The zero-order valence-corrected chi connectivity index (χ0v) is 13.6. The first-order valence-corrected chi connectivity index (χ1v) is 8.58. The van der Waals surface area contributed by atoms with Gasteiger partial charge < -0.3 is 0 Å². The largest absolute Gasteiger partial charge is 0.328 e. The van der Waals surface area contributed by atoms with Crippen LogP contribution in [-0.2, 0) is 14.4 Å². The number of rotatable bonds is 2. The maximum Gasteiger partial charge on any atom is 0.328 e. The molecule has 10 nitrogen and oxygen atoms in total. The molecule has 0 aromatic carbocycles. The van der Waals surface area contributed by atoms with Gasteiger partial charge in [0.15, 0.2) is 5.78 Å². The molecule has 0 radical (unpaired) electrons. The third kappa shape index (κ3) is 2.17. The van der Waals surface area contributed by atoms with E-state index in [-0.39, 0.29) is 22.8 Å². The van der Waals surface area contributed by atoms with Crippen LogP contribution in [0.25, 0.3) is 0 Å². The Bertz CT molecular complexity index is 758. The highest BCUT2D eigenvalue weighted by Gasteiger charge is 2.59. The highest BCUT2D eigenvalue weighted by atomic mass is 16.3. The van der Waals surface area contributed by atoms with Gasteiger partial charge in [0.25, 0.3) is 11.8 Å². The number of carbonyl (C=O) groups is 4. The van der Waals surface area contributed by atoms with Crippen LogP contribution in [0.4, 0.5) is 4.79 Å². The van der Waals surface area contributed by atoms with Crippen molar-refractivity contribution >= 4 is 23.6 Å². The van der Waals surface area contributed by atoms with Gasteiger partial charge >= 0.3 is 6.03 Å². The van der Waals surface area contributed by atoms with Crippen LogP contribution < -0.4 is 10.6 Å². The molecule has 0 aromatic rings. The van der Waals surface area contributed by atoms with E-state index in [1.807, 2.05) is 10.6 Å². The minimum atomic E-state index is -0.927. The summed E-state index contributed by atoms with van der Waals surface area (Å²) in [6.07, 6.45) is 1.57. The van der Waals surface area contributed by atoms with Gasteiger partial charge in [-0.2, -0.15) is 9.81 Å². The van der Waals surface area contributed by atoms with Crippen molar-refractivity contribution in [3.05, 3.63) is 21.0 Å². The molecule has 10 heteroatoms. The molecular formula is C16H16N4O6. The lowest BCUT2D eigenvalue weighted by Crippen LogP contribution is -2.52. The summed E-state index contributed by atoms with van der Waals surface area (Å²) in [5, 5.41) is 10.3. The standard InChI is InChI=1S/C16H16N4O6/c21-13-6-2-4-8(20-26)11-7(19-25)3-1-5(9(6)11)10(13)12-14(22)17-16(24)18-15(12)23/h5-9,11H,1-4H2,(H2,17,18,22,23,24). The van der Waals surface area contributed by atoms with Gasteiger partial charge in [0, 0.05) is 17.4 Å². The number of hydrogen-bond donors (Lipinski definition) is 2. The molecule has 0 bridgehead atoms. The summed E-state index contributed by atoms with van der Waals surface area (Å²) in [4.78, 5) is 71.3. The van der Waals surface area contributed by atoms with Crippen molar-refractivity contribution < 1.29 is 19.2 Å². The molecule has 1 aliphatic heterocycles. The van der Waals surface area contributed by atoms with E-state index in [0.29, 0.717) is 25.7 Å². The van der Waals surface area contributed by atoms with Gasteiger partial charge in [-0.25, -0.2) is 4.79 Å². The number of nitrogens with zero attached hydrogens (tertiary/aromatic N) is 2. The van der Waals surface area contributed by atoms with Crippen LogP contribution in [0, 0.1) is 33.5 Å². The van der Waals surface area contributed by atoms with Crippen LogP contribution in [-0.4, -0.2) is 35.7 Å². The van der Waals surface area contributed by atoms with Crippen LogP contribution in [0.15, 0.2) is 21.5 Å². The number of imide groups is 2. The summed E-state index contributed by atoms with van der Waals surface area (Å²) < 4.78 is 0. The molecule has 3 saturated carbocycles. The Labute approximate surface area is 147 Å². The predicted octanol–water partition coefficient (Wildman–Crippen LogP) is 0.554. The van der Waals surface area contributed by atoms with Crippen LogP contribution >= 0.6 is 0 Å². The van der Waals surface area contributed by atoms with Gasteiger partial charge in [-0.15, -0.1) is 0 Å². The van der Waals surface area contributed by atoms with Crippen molar-refractivity contribution in [3.8, 4) is 0 Å². The zero-order valence-electron chi connectivity index (χ0n) is 13.6. The van der Waals surface area contributed by atoms with E-state index in [2.05, 4.69) is 10.4 Å². The highest BCUT2D eigenvalue weighted by molar-refractivity contribution is 6.32. The topological polar surface area (TPSA) is 151 Å². The predicted molar refractivity (Wildman–Crippen MR) is 85.3 cm³/mol. The minimum Gasteiger partial charge on any atom is -0.294 e. The van der Waals surface area contributed by atoms with Crippen LogP contribution in [0.1, 0.15) is 25.7 Å². The second kappa shape index (κ2) is 5.89. The number of urea groups is 1. The van der Waals surface area contributed by atoms with E-state index in [1.165, 1.54) is 0 Å². The van der Waals surface area contributed by atoms with Gasteiger partial charge in [-0.1, -0.05) is 10.4 Å². The van der Waals surface area contributed by atoms with Crippen LogP contribution in [0.2, 0.25) is 0 Å². The fraction of sp³-hybridized carbons (Fsp3) is 0.625. The fourth-order valence-corrected chi connectivity index (χ4v) is 5.35. The molecule has 4 amide bonds. The minimum absolute atomic E-state index is 0.114. The van der Waals surface area contributed by atoms with Crippen molar-refractivity contribution in [2.24, 2.45) is 34.0 Å². The Balaban J connectivity index is 1.82. The molecule has 0 aromatic heterocycles. The Morgan fingerprint density at radius 2 is 1.27 bits per heavy atom. The summed E-state index contributed by atoms with van der Waals surface area (Å²) in [6.45, 7) is 0. The van der Waals surface area contributed by atoms with Crippen LogP contribution in [0.5, 0.6) is 0 Å². The first-order chi connectivity index (χ1) is 12.5. The number of ketones is 1. The highest BCUT2D eigenvalue weighted by Crippen LogP contribution is 2.57. The zero-order chi connectivity index (χ0) is 18.6. The summed E-state index contributed by atoms with van der Waals surface area (Å²) in [5.74, 6) is -3.77. The third-order valence-corrected chi connectivity index (χ3v) is 6.23. The van der Waals surface area contributed by atoms with Crippen molar-refractivity contribution in [2.45, 2.75) is 37.8 Å². The van der Waals surface area contributed by atoms with Crippen molar-refractivity contribution in [1.82, 2.24) is 10.6 Å². The molecule has 2 N–H and O–H groups in total. The molecular weight excluding hydrogens is 344 g/mol. The number of hydrogen-bond acceptors (Lipinski definition) is 8. The number of nitroso groups, excluding NO2 is 2. The number of carbonyl (C=O) groups excluding carboxylic acids is 4. The first-order valence-electron chi connectivity index (χ1n) is 8.58. The average Bonchev–Trinajstić information content (AvgIpc) is 2.89. The van der Waals surface area contributed by atoms with E-state index in [1.54, 1.807) is 0 Å². The van der Waals surface area contributed by atoms with Gasteiger partial charge in [0.05, 0.1) is 12.1 Å². The first kappa shape index (κ1) is 16.7. The smallest absolute Gasteiger partial charge is 0.294 e. The van der Waals surface area contributed by atoms with E-state index < -0.39 is 47.7 Å². The summed E-state index contributed by atoms with van der Waals surface area (Å²) in [5.41, 5.74) is -0.218. The van der Waals surface area contributed by atoms with E-state index >= 15 is 0 Å². The van der Waals surface area contributed by atoms with Gasteiger partial charge in [-0.05, 0) is 37.5 Å². The Kier molecular flexibility index (Phi) is 3.78. The lowest BCUT2D eigenvalue weighted by atomic mass is 9.61. The summed E-state index contributed by atoms with van der Waals surface area (Å²) in [7, 11) is 0. The van der Waals surface area contributed by atoms with Crippen molar-refractivity contribution in [2.75, 3.05) is 0 Å². The monoisotopic (exact) mass is 360 g/mol. The number of allylic oxidation sites excluding steroid dienone is 1. The number of amides is 4. The summed E-state index contributed by atoms with van der Waals surface area (Å²) in [6, 6.07) is -2.13. The molecule has 4 fully saturated rings. The van der Waals surface area contributed by atoms with Gasteiger partial charge in [0.2, 0.25) is 0 Å². The van der Waals surface area contributed by atoms with E-state index in [4.69, 9.17) is 0 Å². The fourth-order valence-electron chi connectivity index (χ4n) is 5.35. The molecule has 1 saturated heterocycles. The average molecular weight is 360 g/mol. The molecule has 26 heavy (non-hydrogen) atoms. The third-order valence-electron chi connectivity index (χ3n) is 6.23. The molecule has 6 atom stereocenters. The lowest BCUT2D eigenvalue weighted by molar-refractivity contribution is -0.125. The van der Waals surface area contributed by atoms with Gasteiger partial charge in [-0.3, -0.25) is 25.0 Å². The molecule has 4 aliphatic rings. The number of Topliss-reactive ketones (excluding diaryl/α,β-unsaturated/α-hetero) is 1. The second-order valence-electron chi connectivity index (χ2n) is 7.26. The number of barbiturate groups is 1. The van der Waals surface area contributed by atoms with E-state index in [9.17, 15) is 29.0 Å². The molecule has 3 aliphatic carbocycles. The SMILES string of the molecule is O=NC1CCC2C(=O)C(=C3C(=O)NC(=O)NC3=O)C3CCC(N=O)C1C23. The lowest BCUT2D eigenvalue weighted by Gasteiger charge is -2.44. The van der Waals surface area contributed by atoms with Crippen LogP contribution in [0.3, 0.4) is 0 Å². The molecule has 6 unspecified atom stereocenters. The maximum absolute atomic E-state index is 13.0. The van der Waals surface area contributed by atoms with Crippen molar-refractivity contribution in [3.63, 3.8) is 0 Å². The van der Waals surface area contributed by atoms with E-state index in [0.717, 1.165) is 0 Å². The Hall–Kier alpha value is -2.78. The quantitative estimate of drug-likeness (QED) is 0.417. The maximum atomic E-state index is 13.0.